The van der Waals surface area contributed by atoms with Gasteiger partial charge in [0.05, 0.1) is 0 Å². The molecule has 2 nitrogen and oxygen atoms in total. The van der Waals surface area contributed by atoms with Crippen LogP contribution in [0.3, 0.4) is 0 Å². The van der Waals surface area contributed by atoms with Gasteiger partial charge in [-0.2, -0.15) is 0 Å². The number of nitrogens with zero attached hydrogens (tertiary/aromatic N) is 1. The molecule has 1 aliphatic rings. The number of aryl methyl sites for hydroxylation is 2. The molecule has 1 aliphatic heterocycles. The molecule has 1 fully saturated rings. The van der Waals surface area contributed by atoms with Crippen LogP contribution in [0, 0.1) is 25.7 Å². The fraction of sp³-hybridized carbons (Fsp3) is 0.684. The van der Waals surface area contributed by atoms with Crippen LogP contribution in [0.5, 0.6) is 0 Å². The number of piperazine rings is 1. The van der Waals surface area contributed by atoms with Crippen LogP contribution in [-0.2, 0) is 0 Å². The van der Waals surface area contributed by atoms with E-state index in [2.05, 4.69) is 70.0 Å². The standard InChI is InChI=1S/C19H32N2/c1-13(2)9-17-12-21(19(11-20-17)14(3)4)18-10-15(5)7-8-16(18)6/h7-8,10,13-14,17,19-20H,9,11-12H2,1-6H3. The lowest BCUT2D eigenvalue weighted by Crippen LogP contribution is -2.59. The molecule has 1 aromatic rings. The van der Waals surface area contributed by atoms with Crippen LogP contribution in [0.15, 0.2) is 18.2 Å². The third-order valence-corrected chi connectivity index (χ3v) is 4.63. The van der Waals surface area contributed by atoms with Gasteiger partial charge in [0.1, 0.15) is 0 Å². The van der Waals surface area contributed by atoms with Gasteiger partial charge in [0.25, 0.3) is 0 Å². The molecular formula is C19H32N2. The molecule has 0 aliphatic carbocycles. The first-order chi connectivity index (χ1) is 9.88. The minimum absolute atomic E-state index is 0.592. The highest BCUT2D eigenvalue weighted by Gasteiger charge is 2.30. The van der Waals surface area contributed by atoms with E-state index in [9.17, 15) is 0 Å². The Morgan fingerprint density at radius 1 is 1.19 bits per heavy atom. The zero-order valence-corrected chi connectivity index (χ0v) is 14.6. The predicted octanol–water partition coefficient (Wildman–Crippen LogP) is 4.15. The number of hydrogen-bond acceptors (Lipinski definition) is 2. The number of hydrogen-bond donors (Lipinski definition) is 1. The molecule has 0 radical (unpaired) electrons. The molecule has 1 aromatic carbocycles. The van der Waals surface area contributed by atoms with E-state index >= 15 is 0 Å². The molecule has 0 aromatic heterocycles. The lowest BCUT2D eigenvalue weighted by molar-refractivity contribution is 0.310. The maximum atomic E-state index is 3.77. The molecule has 2 rings (SSSR count). The molecule has 0 saturated carbocycles. The first-order valence-electron chi connectivity index (χ1n) is 8.45. The maximum absolute atomic E-state index is 3.77. The van der Waals surface area contributed by atoms with Crippen molar-refractivity contribution in [2.75, 3.05) is 18.0 Å². The van der Waals surface area contributed by atoms with Gasteiger partial charge < -0.3 is 10.2 Å². The van der Waals surface area contributed by atoms with Gasteiger partial charge in [0.15, 0.2) is 0 Å². The van der Waals surface area contributed by atoms with Crippen LogP contribution < -0.4 is 10.2 Å². The third kappa shape index (κ3) is 4.00. The van der Waals surface area contributed by atoms with Crippen LogP contribution >= 0.6 is 0 Å². The molecule has 1 saturated heterocycles. The van der Waals surface area contributed by atoms with Crippen LogP contribution in [0.4, 0.5) is 5.69 Å². The molecule has 0 amide bonds. The van der Waals surface area contributed by atoms with E-state index in [0.29, 0.717) is 18.0 Å². The van der Waals surface area contributed by atoms with Crippen molar-refractivity contribution in [2.45, 2.75) is 60.0 Å². The lowest BCUT2D eigenvalue weighted by Gasteiger charge is -2.45. The Balaban J connectivity index is 2.27. The predicted molar refractivity (Wildman–Crippen MR) is 93.1 cm³/mol. The summed E-state index contributed by atoms with van der Waals surface area (Å²) in [5.41, 5.74) is 4.19. The van der Waals surface area contributed by atoms with E-state index in [1.165, 1.54) is 23.2 Å². The summed E-state index contributed by atoms with van der Waals surface area (Å²) in [4.78, 5) is 2.66. The van der Waals surface area contributed by atoms with Gasteiger partial charge in [-0.15, -0.1) is 0 Å². The van der Waals surface area contributed by atoms with Crippen molar-refractivity contribution in [3.63, 3.8) is 0 Å². The van der Waals surface area contributed by atoms with Gasteiger partial charge in [-0.25, -0.2) is 0 Å². The van der Waals surface area contributed by atoms with Crippen LogP contribution in [-0.4, -0.2) is 25.2 Å². The minimum Gasteiger partial charge on any atom is -0.365 e. The molecule has 1 heterocycles. The van der Waals surface area contributed by atoms with Gasteiger partial charge in [-0.1, -0.05) is 39.8 Å². The van der Waals surface area contributed by atoms with Gasteiger partial charge in [0, 0.05) is 30.9 Å². The molecular weight excluding hydrogens is 256 g/mol. The molecule has 2 heteroatoms. The van der Waals surface area contributed by atoms with Crippen LogP contribution in [0.1, 0.15) is 45.2 Å². The summed E-state index contributed by atoms with van der Waals surface area (Å²) < 4.78 is 0. The van der Waals surface area contributed by atoms with Crippen molar-refractivity contribution in [1.82, 2.24) is 5.32 Å². The summed E-state index contributed by atoms with van der Waals surface area (Å²) in [6, 6.07) is 8.05. The van der Waals surface area contributed by atoms with E-state index in [-0.39, 0.29) is 0 Å². The van der Waals surface area contributed by atoms with E-state index < -0.39 is 0 Å². The quantitative estimate of drug-likeness (QED) is 0.895. The fourth-order valence-corrected chi connectivity index (χ4v) is 3.46. The van der Waals surface area contributed by atoms with E-state index in [4.69, 9.17) is 0 Å². The average Bonchev–Trinajstić information content (AvgIpc) is 2.40. The Bertz CT molecular complexity index is 465. The topological polar surface area (TPSA) is 15.3 Å². The zero-order chi connectivity index (χ0) is 15.6. The highest BCUT2D eigenvalue weighted by molar-refractivity contribution is 5.56. The summed E-state index contributed by atoms with van der Waals surface area (Å²) in [6.45, 7) is 16.0. The second-order valence-electron chi connectivity index (χ2n) is 7.49. The second-order valence-corrected chi connectivity index (χ2v) is 7.49. The first kappa shape index (κ1) is 16.4. The fourth-order valence-electron chi connectivity index (χ4n) is 3.46. The van der Waals surface area contributed by atoms with Crippen molar-refractivity contribution in [3.8, 4) is 0 Å². The molecule has 118 valence electrons. The highest BCUT2D eigenvalue weighted by atomic mass is 15.2. The van der Waals surface area contributed by atoms with E-state index in [0.717, 1.165) is 19.0 Å². The molecule has 21 heavy (non-hydrogen) atoms. The summed E-state index contributed by atoms with van der Waals surface area (Å²) in [5.74, 6) is 1.41. The van der Waals surface area contributed by atoms with E-state index in [1.807, 2.05) is 0 Å². The van der Waals surface area contributed by atoms with Crippen molar-refractivity contribution in [2.24, 2.45) is 11.8 Å². The third-order valence-electron chi connectivity index (χ3n) is 4.63. The summed E-state index contributed by atoms with van der Waals surface area (Å²) in [5, 5.41) is 3.77. The van der Waals surface area contributed by atoms with Crippen molar-refractivity contribution < 1.29 is 0 Å². The number of nitrogens with one attached hydrogen (secondary N) is 1. The van der Waals surface area contributed by atoms with Crippen molar-refractivity contribution in [3.05, 3.63) is 29.3 Å². The normalized spacial score (nSPS) is 23.1. The van der Waals surface area contributed by atoms with Gasteiger partial charge in [-0.05, 0) is 49.3 Å². The second kappa shape index (κ2) is 6.83. The van der Waals surface area contributed by atoms with Gasteiger partial charge in [0.2, 0.25) is 0 Å². The Hall–Kier alpha value is -1.02. The zero-order valence-electron chi connectivity index (χ0n) is 14.6. The number of rotatable bonds is 4. The summed E-state index contributed by atoms with van der Waals surface area (Å²) >= 11 is 0. The molecule has 0 spiro atoms. The lowest BCUT2D eigenvalue weighted by atomic mass is 9.93. The van der Waals surface area contributed by atoms with Crippen LogP contribution in [0.25, 0.3) is 0 Å². The largest absolute Gasteiger partial charge is 0.365 e. The molecule has 2 unspecified atom stereocenters. The van der Waals surface area contributed by atoms with Gasteiger partial charge >= 0.3 is 0 Å². The van der Waals surface area contributed by atoms with Crippen LogP contribution in [0.2, 0.25) is 0 Å². The Kier molecular flexibility index (Phi) is 5.32. The Morgan fingerprint density at radius 3 is 2.52 bits per heavy atom. The smallest absolute Gasteiger partial charge is 0.0438 e. The highest BCUT2D eigenvalue weighted by Crippen LogP contribution is 2.29. The summed E-state index contributed by atoms with van der Waals surface area (Å²) in [6.07, 6.45) is 1.26. The van der Waals surface area contributed by atoms with E-state index in [1.54, 1.807) is 0 Å². The maximum Gasteiger partial charge on any atom is 0.0438 e. The molecule has 0 bridgehead atoms. The Morgan fingerprint density at radius 2 is 1.90 bits per heavy atom. The van der Waals surface area contributed by atoms with Gasteiger partial charge in [-0.3, -0.25) is 0 Å². The minimum atomic E-state index is 0.592. The number of anilines is 1. The average molecular weight is 288 g/mol. The summed E-state index contributed by atoms with van der Waals surface area (Å²) in [7, 11) is 0. The number of benzene rings is 1. The molecule has 1 N–H and O–H groups in total. The van der Waals surface area contributed by atoms with Crippen molar-refractivity contribution >= 4 is 5.69 Å². The van der Waals surface area contributed by atoms with Crippen molar-refractivity contribution in [1.29, 1.82) is 0 Å². The SMILES string of the molecule is Cc1ccc(C)c(N2CC(CC(C)C)NCC2C(C)C)c1. The first-order valence-corrected chi connectivity index (χ1v) is 8.45. The monoisotopic (exact) mass is 288 g/mol. The molecule has 2 atom stereocenters. The Labute approximate surface area is 130 Å².